The van der Waals surface area contributed by atoms with Crippen LogP contribution in [0.15, 0.2) is 89.4 Å². The van der Waals surface area contributed by atoms with Gasteiger partial charge in [0.05, 0.1) is 18.2 Å². The number of hydrogen-bond acceptors (Lipinski definition) is 4. The third-order valence-corrected chi connectivity index (χ3v) is 7.20. The second-order valence-corrected chi connectivity index (χ2v) is 8.89. The number of nitriles is 2. The molecule has 1 saturated heterocycles. The summed E-state index contributed by atoms with van der Waals surface area (Å²) in [6.07, 6.45) is 3.85. The average Bonchev–Trinajstić information content (AvgIpc) is 3.15. The quantitative estimate of drug-likeness (QED) is 0.449. The molecule has 2 heterocycles. The van der Waals surface area contributed by atoms with Gasteiger partial charge in [0.15, 0.2) is 11.2 Å². The maximum absolute atomic E-state index is 14.0. The van der Waals surface area contributed by atoms with Crippen LogP contribution in [0.25, 0.3) is 6.08 Å². The van der Waals surface area contributed by atoms with Crippen LogP contribution >= 0.6 is 15.9 Å². The van der Waals surface area contributed by atoms with E-state index in [0.717, 1.165) is 21.3 Å². The number of Topliss-reactive ketones (excluding diaryl/α,β-unsaturated/α-hetero) is 1. The predicted molar refractivity (Wildman–Crippen MR) is 127 cm³/mol. The molecule has 3 aromatic rings. The Bertz CT molecular complexity index is 1300. The fourth-order valence-corrected chi connectivity index (χ4v) is 5.61. The monoisotopic (exact) mass is 479 g/mol. The Morgan fingerprint density at radius 2 is 1.56 bits per heavy atom. The second-order valence-electron chi connectivity index (χ2n) is 8.04. The summed E-state index contributed by atoms with van der Waals surface area (Å²) < 4.78 is 0.780. The predicted octanol–water partition coefficient (Wildman–Crippen LogP) is 5.73. The number of para-hydroxylation sites is 1. The first-order valence-corrected chi connectivity index (χ1v) is 11.1. The first kappa shape index (κ1) is 20.2. The maximum atomic E-state index is 14.0. The molecule has 2 aliphatic heterocycles. The molecule has 0 spiro atoms. The van der Waals surface area contributed by atoms with Crippen molar-refractivity contribution in [2.45, 2.75) is 18.0 Å². The van der Waals surface area contributed by atoms with Gasteiger partial charge in [-0.3, -0.25) is 4.79 Å². The highest BCUT2D eigenvalue weighted by molar-refractivity contribution is 9.10. The zero-order valence-corrected chi connectivity index (χ0v) is 18.6. The third-order valence-electron chi connectivity index (χ3n) is 6.48. The minimum atomic E-state index is -1.44. The Balaban J connectivity index is 1.81. The van der Waals surface area contributed by atoms with E-state index in [2.05, 4.69) is 28.1 Å². The molecule has 4 nitrogen and oxygen atoms in total. The highest BCUT2D eigenvalue weighted by Crippen LogP contribution is 2.56. The summed E-state index contributed by atoms with van der Waals surface area (Å²) in [6, 6.07) is 27.9. The first-order valence-electron chi connectivity index (χ1n) is 10.3. The smallest absolute Gasteiger partial charge is 0.185 e. The van der Waals surface area contributed by atoms with Gasteiger partial charge in [0, 0.05) is 21.6 Å². The van der Waals surface area contributed by atoms with Crippen LogP contribution in [0, 0.1) is 28.1 Å². The third kappa shape index (κ3) is 2.83. The zero-order valence-electron chi connectivity index (χ0n) is 17.0. The van der Waals surface area contributed by atoms with Crippen LogP contribution in [-0.2, 0) is 0 Å². The van der Waals surface area contributed by atoms with Crippen molar-refractivity contribution in [3.63, 3.8) is 0 Å². The van der Waals surface area contributed by atoms with Crippen LogP contribution < -0.4 is 4.90 Å². The summed E-state index contributed by atoms with van der Waals surface area (Å²) in [4.78, 5) is 16.0. The minimum Gasteiger partial charge on any atom is -0.351 e. The number of fused-ring (bicyclic) bond motifs is 3. The summed E-state index contributed by atoms with van der Waals surface area (Å²) in [7, 11) is 0. The van der Waals surface area contributed by atoms with Crippen molar-refractivity contribution in [1.29, 1.82) is 10.5 Å². The van der Waals surface area contributed by atoms with Gasteiger partial charge in [-0.1, -0.05) is 94.8 Å². The topological polar surface area (TPSA) is 67.9 Å². The highest BCUT2D eigenvalue weighted by atomic mass is 79.9. The Kier molecular flexibility index (Phi) is 4.93. The van der Waals surface area contributed by atoms with Crippen LogP contribution in [0.1, 0.15) is 27.4 Å². The molecule has 0 N–H and O–H groups in total. The zero-order chi connectivity index (χ0) is 22.3. The molecule has 0 saturated carbocycles. The van der Waals surface area contributed by atoms with Crippen molar-refractivity contribution < 1.29 is 4.79 Å². The molecule has 1 fully saturated rings. The van der Waals surface area contributed by atoms with E-state index in [1.165, 1.54) is 0 Å². The van der Waals surface area contributed by atoms with Gasteiger partial charge >= 0.3 is 0 Å². The van der Waals surface area contributed by atoms with Gasteiger partial charge in [-0.05, 0) is 23.3 Å². The molecule has 0 unspecified atom stereocenters. The number of carbonyl (C=O) groups excluding carboxylic acids is 1. The molecule has 0 amide bonds. The van der Waals surface area contributed by atoms with Crippen LogP contribution in [0.5, 0.6) is 0 Å². The summed E-state index contributed by atoms with van der Waals surface area (Å²) in [5.74, 6) is -0.754. The summed E-state index contributed by atoms with van der Waals surface area (Å²) in [5, 5.41) is 20.9. The number of ketones is 1. The van der Waals surface area contributed by atoms with Gasteiger partial charge in [0.1, 0.15) is 6.04 Å². The van der Waals surface area contributed by atoms with Crippen LogP contribution in [0.2, 0.25) is 0 Å². The normalized spacial score (nSPS) is 22.3. The average molecular weight is 480 g/mol. The van der Waals surface area contributed by atoms with E-state index in [4.69, 9.17) is 0 Å². The van der Waals surface area contributed by atoms with Crippen molar-refractivity contribution in [1.82, 2.24) is 0 Å². The fraction of sp³-hybridized carbons (Fsp3) is 0.148. The van der Waals surface area contributed by atoms with Crippen molar-refractivity contribution >= 4 is 33.5 Å². The first-order chi connectivity index (χ1) is 15.6. The van der Waals surface area contributed by atoms with E-state index in [1.807, 2.05) is 83.8 Å². The number of rotatable bonds is 3. The number of hydrogen-bond donors (Lipinski definition) is 0. The lowest BCUT2D eigenvalue weighted by atomic mass is 9.69. The van der Waals surface area contributed by atoms with E-state index < -0.39 is 23.4 Å². The van der Waals surface area contributed by atoms with Crippen molar-refractivity contribution in [2.75, 3.05) is 4.90 Å². The molecule has 32 heavy (non-hydrogen) atoms. The molecule has 3 aromatic carbocycles. The molecule has 0 aromatic heterocycles. The number of anilines is 1. The molecule has 0 bridgehead atoms. The summed E-state index contributed by atoms with van der Waals surface area (Å²) >= 11 is 3.61. The van der Waals surface area contributed by atoms with Gasteiger partial charge in [-0.2, -0.15) is 10.5 Å². The van der Waals surface area contributed by atoms with E-state index in [0.29, 0.717) is 5.56 Å². The van der Waals surface area contributed by atoms with Crippen LogP contribution in [-0.4, -0.2) is 17.9 Å². The van der Waals surface area contributed by atoms with Crippen LogP contribution in [0.4, 0.5) is 5.69 Å². The summed E-state index contributed by atoms with van der Waals surface area (Å²) in [6.45, 7) is 0. The Hall–Kier alpha value is -3.67. The molecule has 154 valence electrons. The van der Waals surface area contributed by atoms with Gasteiger partial charge < -0.3 is 4.90 Å². The molecule has 5 rings (SSSR count). The van der Waals surface area contributed by atoms with Crippen LogP contribution in [0.3, 0.4) is 0 Å². The molecular formula is C27H18BrN3O. The Morgan fingerprint density at radius 3 is 2.28 bits per heavy atom. The Labute approximate surface area is 195 Å². The van der Waals surface area contributed by atoms with Gasteiger partial charge in [0.2, 0.25) is 0 Å². The number of halogens is 1. The Morgan fingerprint density at radius 1 is 0.906 bits per heavy atom. The van der Waals surface area contributed by atoms with Gasteiger partial charge in [0.25, 0.3) is 0 Å². The van der Waals surface area contributed by atoms with E-state index in [-0.39, 0.29) is 5.78 Å². The van der Waals surface area contributed by atoms with Gasteiger partial charge in [-0.15, -0.1) is 0 Å². The van der Waals surface area contributed by atoms with Crippen molar-refractivity contribution in [3.05, 3.63) is 106 Å². The second kappa shape index (κ2) is 7.79. The van der Waals surface area contributed by atoms with Crippen molar-refractivity contribution in [2.24, 2.45) is 5.41 Å². The molecule has 0 radical (unpaired) electrons. The molecule has 2 aliphatic rings. The SMILES string of the molecule is N#CC1(C#N)[C@@H](c2ccccc2Br)[C@H](C(=O)c2ccccc2)N2c3ccccc3C=C[C@@H]21. The number of carbonyl (C=O) groups is 1. The van der Waals surface area contributed by atoms with E-state index in [1.54, 1.807) is 12.1 Å². The number of nitrogens with zero attached hydrogens (tertiary/aromatic N) is 3. The molecule has 3 atom stereocenters. The maximum Gasteiger partial charge on any atom is 0.185 e. The van der Waals surface area contributed by atoms with E-state index in [9.17, 15) is 15.3 Å². The summed E-state index contributed by atoms with van der Waals surface area (Å²) in [5.41, 5.74) is 1.73. The molecule has 5 heteroatoms. The lowest BCUT2D eigenvalue weighted by Gasteiger charge is -2.35. The lowest BCUT2D eigenvalue weighted by molar-refractivity contribution is 0.0951. The van der Waals surface area contributed by atoms with Gasteiger partial charge in [-0.25, -0.2) is 0 Å². The van der Waals surface area contributed by atoms with Crippen molar-refractivity contribution in [3.8, 4) is 12.1 Å². The largest absolute Gasteiger partial charge is 0.351 e. The highest BCUT2D eigenvalue weighted by Gasteiger charge is 2.63. The standard InChI is InChI=1S/C27H18BrN3O/c28-21-12-6-5-11-20(21)24-25(26(32)19-9-2-1-3-10-19)31-22-13-7-4-8-18(22)14-15-23(31)27(24,16-29)17-30/h1-15,23-25H/t23-,24+,25-/m1/s1. The lowest BCUT2D eigenvalue weighted by Crippen LogP contribution is -2.44. The van der Waals surface area contributed by atoms with E-state index >= 15 is 0 Å². The number of benzene rings is 3. The molecule has 0 aliphatic carbocycles. The fourth-order valence-electron chi connectivity index (χ4n) is 5.08. The minimum absolute atomic E-state index is 0.103. The molecular weight excluding hydrogens is 462 g/mol.